The highest BCUT2D eigenvalue weighted by Crippen LogP contribution is 2.38. The van der Waals surface area contributed by atoms with Crippen LogP contribution in [0, 0.1) is 11.8 Å². The summed E-state index contributed by atoms with van der Waals surface area (Å²) in [6.07, 6.45) is -3.80. The van der Waals surface area contributed by atoms with Crippen molar-refractivity contribution >= 4 is 11.8 Å². The van der Waals surface area contributed by atoms with Gasteiger partial charge >= 0.3 is 6.18 Å². The Hall–Kier alpha value is -1.31. The van der Waals surface area contributed by atoms with Crippen molar-refractivity contribution in [3.05, 3.63) is 0 Å². The van der Waals surface area contributed by atoms with E-state index in [9.17, 15) is 22.8 Å². The highest BCUT2D eigenvalue weighted by molar-refractivity contribution is 5.86. The molecule has 120 valence electrons. The summed E-state index contributed by atoms with van der Waals surface area (Å²) in [5.74, 6) is -3.53. The molecule has 2 amide bonds. The number of nitrogens with zero attached hydrogens (tertiary/aromatic N) is 3. The number of rotatable bonds is 1. The fourth-order valence-corrected chi connectivity index (χ4v) is 2.99. The van der Waals surface area contributed by atoms with Gasteiger partial charge in [-0.25, -0.2) is 0 Å². The molecule has 21 heavy (non-hydrogen) atoms. The maximum Gasteiger partial charge on any atom is 0.393 e. The van der Waals surface area contributed by atoms with E-state index in [1.54, 1.807) is 14.1 Å². The monoisotopic (exact) mass is 307 g/mol. The van der Waals surface area contributed by atoms with E-state index in [1.807, 2.05) is 0 Å². The fraction of sp³-hybridized carbons (Fsp3) is 0.846. The number of hydrogen-bond donors (Lipinski definition) is 0. The van der Waals surface area contributed by atoms with E-state index in [4.69, 9.17) is 0 Å². The Labute approximate surface area is 121 Å². The van der Waals surface area contributed by atoms with Crippen molar-refractivity contribution in [1.29, 1.82) is 0 Å². The summed E-state index contributed by atoms with van der Waals surface area (Å²) in [4.78, 5) is 28.5. The molecule has 2 aliphatic rings. The van der Waals surface area contributed by atoms with E-state index in [1.165, 1.54) is 14.7 Å². The number of likely N-dealkylation sites (tertiary alicyclic amines) is 1. The maximum absolute atomic E-state index is 13.1. The van der Waals surface area contributed by atoms with Crippen molar-refractivity contribution in [2.24, 2.45) is 11.8 Å². The molecule has 0 N–H and O–H groups in total. The molecule has 2 fully saturated rings. The zero-order chi connectivity index (χ0) is 15.8. The normalized spacial score (nSPS) is 28.9. The Morgan fingerprint density at radius 3 is 2.48 bits per heavy atom. The molecule has 5 nitrogen and oxygen atoms in total. The minimum Gasteiger partial charge on any atom is -0.344 e. The number of alkyl halides is 3. The Morgan fingerprint density at radius 2 is 1.86 bits per heavy atom. The highest BCUT2D eigenvalue weighted by Gasteiger charge is 2.52. The van der Waals surface area contributed by atoms with Crippen molar-refractivity contribution in [1.82, 2.24) is 14.7 Å². The molecule has 0 bridgehead atoms. The highest BCUT2D eigenvalue weighted by atomic mass is 19.4. The second-order valence-electron chi connectivity index (χ2n) is 5.90. The molecule has 2 atom stereocenters. The molecule has 2 saturated heterocycles. The van der Waals surface area contributed by atoms with Gasteiger partial charge in [0.05, 0.1) is 18.4 Å². The molecule has 2 heterocycles. The summed E-state index contributed by atoms with van der Waals surface area (Å²) in [5.41, 5.74) is 0. The van der Waals surface area contributed by atoms with E-state index < -0.39 is 23.9 Å². The van der Waals surface area contributed by atoms with Crippen LogP contribution in [0.25, 0.3) is 0 Å². The average Bonchev–Trinajstić information content (AvgIpc) is 2.70. The molecule has 0 aliphatic carbocycles. The quantitative estimate of drug-likeness (QED) is 0.705. The first-order valence-electron chi connectivity index (χ1n) is 6.98. The predicted molar refractivity (Wildman–Crippen MR) is 69.4 cm³/mol. The van der Waals surface area contributed by atoms with Gasteiger partial charge in [0.15, 0.2) is 0 Å². The Morgan fingerprint density at radius 1 is 1.19 bits per heavy atom. The van der Waals surface area contributed by atoms with E-state index in [0.717, 1.165) is 0 Å². The van der Waals surface area contributed by atoms with Crippen molar-refractivity contribution in [2.75, 3.05) is 46.8 Å². The molecule has 0 spiro atoms. The molecule has 0 saturated carbocycles. The second-order valence-corrected chi connectivity index (χ2v) is 5.90. The molecule has 0 aromatic rings. The smallest absolute Gasteiger partial charge is 0.344 e. The lowest BCUT2D eigenvalue weighted by Crippen LogP contribution is -2.45. The number of halogens is 3. The van der Waals surface area contributed by atoms with Crippen molar-refractivity contribution in [3.63, 3.8) is 0 Å². The van der Waals surface area contributed by atoms with Crippen LogP contribution in [-0.4, -0.2) is 79.5 Å². The van der Waals surface area contributed by atoms with E-state index >= 15 is 0 Å². The number of hydrogen-bond acceptors (Lipinski definition) is 3. The van der Waals surface area contributed by atoms with Crippen LogP contribution in [0.2, 0.25) is 0 Å². The van der Waals surface area contributed by atoms with Crippen molar-refractivity contribution in [3.8, 4) is 0 Å². The maximum atomic E-state index is 13.1. The minimum absolute atomic E-state index is 0.0868. The molecule has 2 rings (SSSR count). The molecular weight excluding hydrogens is 287 g/mol. The lowest BCUT2D eigenvalue weighted by Gasteiger charge is -2.27. The average molecular weight is 307 g/mol. The second kappa shape index (κ2) is 5.82. The number of likely N-dealkylation sites (N-methyl/N-ethyl adjacent to an activating group) is 1. The van der Waals surface area contributed by atoms with Crippen LogP contribution in [-0.2, 0) is 9.59 Å². The third-order valence-electron chi connectivity index (χ3n) is 4.23. The molecular formula is C13H20F3N3O2. The van der Waals surface area contributed by atoms with Gasteiger partial charge in [-0.1, -0.05) is 0 Å². The van der Waals surface area contributed by atoms with Gasteiger partial charge in [0.25, 0.3) is 0 Å². The van der Waals surface area contributed by atoms with Crippen LogP contribution in [0.4, 0.5) is 13.2 Å². The van der Waals surface area contributed by atoms with Gasteiger partial charge in [-0.15, -0.1) is 0 Å². The molecule has 2 aliphatic heterocycles. The van der Waals surface area contributed by atoms with E-state index in [0.29, 0.717) is 19.5 Å². The lowest BCUT2D eigenvalue weighted by atomic mass is 9.94. The van der Waals surface area contributed by atoms with Gasteiger partial charge in [0.2, 0.25) is 11.8 Å². The van der Waals surface area contributed by atoms with Gasteiger partial charge in [-0.2, -0.15) is 13.2 Å². The zero-order valence-electron chi connectivity index (χ0n) is 12.2. The molecule has 0 unspecified atom stereocenters. The fourth-order valence-electron chi connectivity index (χ4n) is 2.99. The van der Waals surface area contributed by atoms with Gasteiger partial charge in [-0.05, 0) is 13.5 Å². The topological polar surface area (TPSA) is 43.9 Å². The first-order chi connectivity index (χ1) is 9.70. The Kier molecular flexibility index (Phi) is 4.46. The largest absolute Gasteiger partial charge is 0.393 e. The SMILES string of the molecule is CN1C[C@@H](C(F)(F)F)[C@H](C(=O)N2CCCN(C)C(=O)C2)C1. The Bertz CT molecular complexity index is 427. The summed E-state index contributed by atoms with van der Waals surface area (Å²) in [6.45, 7) is 0.654. The van der Waals surface area contributed by atoms with Crippen LogP contribution in [0.1, 0.15) is 6.42 Å². The summed E-state index contributed by atoms with van der Waals surface area (Å²) >= 11 is 0. The van der Waals surface area contributed by atoms with Gasteiger partial charge in [0, 0.05) is 33.2 Å². The summed E-state index contributed by atoms with van der Waals surface area (Å²) < 4.78 is 39.2. The Balaban J connectivity index is 2.12. The first-order valence-corrected chi connectivity index (χ1v) is 6.98. The van der Waals surface area contributed by atoms with Gasteiger partial charge < -0.3 is 14.7 Å². The summed E-state index contributed by atoms with van der Waals surface area (Å²) in [7, 11) is 3.21. The number of carbonyl (C=O) groups excluding carboxylic acids is 2. The molecule has 8 heteroatoms. The summed E-state index contributed by atoms with van der Waals surface area (Å²) in [5, 5.41) is 0. The van der Waals surface area contributed by atoms with Crippen LogP contribution in [0.3, 0.4) is 0 Å². The molecule has 0 aromatic carbocycles. The molecule has 0 radical (unpaired) electrons. The molecule has 0 aromatic heterocycles. The van der Waals surface area contributed by atoms with Crippen LogP contribution < -0.4 is 0 Å². The van der Waals surface area contributed by atoms with Crippen LogP contribution in [0.15, 0.2) is 0 Å². The number of amides is 2. The minimum atomic E-state index is -4.39. The van der Waals surface area contributed by atoms with Crippen LogP contribution in [0.5, 0.6) is 0 Å². The first kappa shape index (κ1) is 16.1. The van der Waals surface area contributed by atoms with Gasteiger partial charge in [0.1, 0.15) is 0 Å². The third kappa shape index (κ3) is 3.48. The predicted octanol–water partition coefficient (Wildman–Crippen LogP) is 0.417. The number of carbonyl (C=O) groups is 2. The lowest BCUT2D eigenvalue weighted by molar-refractivity contribution is -0.185. The van der Waals surface area contributed by atoms with Crippen molar-refractivity contribution < 1.29 is 22.8 Å². The summed E-state index contributed by atoms with van der Waals surface area (Å²) in [6, 6.07) is 0. The third-order valence-corrected chi connectivity index (χ3v) is 4.23. The van der Waals surface area contributed by atoms with Crippen LogP contribution >= 0.6 is 0 Å². The van der Waals surface area contributed by atoms with Gasteiger partial charge in [-0.3, -0.25) is 9.59 Å². The van der Waals surface area contributed by atoms with E-state index in [2.05, 4.69) is 0 Å². The van der Waals surface area contributed by atoms with E-state index in [-0.39, 0.29) is 25.5 Å². The van der Waals surface area contributed by atoms with Crippen molar-refractivity contribution in [2.45, 2.75) is 12.6 Å². The zero-order valence-corrected chi connectivity index (χ0v) is 12.2. The standard InChI is InChI=1S/C13H20F3N3O2/c1-17-6-9(10(7-17)13(14,15)16)12(21)19-5-3-4-18(2)11(20)8-19/h9-10H,3-8H2,1-2H3/t9-,10-/m1/s1.